The topological polar surface area (TPSA) is 71.1 Å². The minimum Gasteiger partial charge on any atom is -0.340 e. The molecule has 2 aromatic carbocycles. The molecule has 0 radical (unpaired) electrons. The molecular weight excluding hydrogens is 338 g/mol. The van der Waals surface area contributed by atoms with Crippen molar-refractivity contribution in [3.05, 3.63) is 83.0 Å². The van der Waals surface area contributed by atoms with E-state index in [1.54, 1.807) is 36.4 Å². The van der Waals surface area contributed by atoms with Crippen molar-refractivity contribution in [1.29, 1.82) is 0 Å². The van der Waals surface area contributed by atoms with Gasteiger partial charge >= 0.3 is 0 Å². The van der Waals surface area contributed by atoms with Gasteiger partial charge in [0.1, 0.15) is 5.82 Å². The van der Waals surface area contributed by atoms with Crippen molar-refractivity contribution in [2.45, 2.75) is 20.8 Å². The lowest BCUT2D eigenvalue weighted by Crippen LogP contribution is -2.12. The number of hydrogen-bond donors (Lipinski definition) is 2. The first-order chi connectivity index (χ1) is 12.9. The van der Waals surface area contributed by atoms with Crippen molar-refractivity contribution in [2.24, 2.45) is 0 Å². The van der Waals surface area contributed by atoms with Crippen molar-refractivity contribution in [1.82, 2.24) is 4.98 Å². The van der Waals surface area contributed by atoms with Crippen LogP contribution in [0.25, 0.3) is 0 Å². The third-order valence-corrected chi connectivity index (χ3v) is 4.22. The second-order valence-corrected chi connectivity index (χ2v) is 6.46. The highest BCUT2D eigenvalue weighted by Gasteiger charge is 2.08. The first-order valence-corrected chi connectivity index (χ1v) is 8.65. The van der Waals surface area contributed by atoms with Crippen LogP contribution < -0.4 is 10.6 Å². The third-order valence-electron chi connectivity index (χ3n) is 4.22. The summed E-state index contributed by atoms with van der Waals surface area (Å²) >= 11 is 0. The van der Waals surface area contributed by atoms with Gasteiger partial charge in [0.15, 0.2) is 5.78 Å². The van der Waals surface area contributed by atoms with Gasteiger partial charge in [-0.15, -0.1) is 0 Å². The normalized spacial score (nSPS) is 10.3. The Morgan fingerprint density at radius 1 is 0.889 bits per heavy atom. The number of nitrogens with one attached hydrogen (secondary N) is 2. The van der Waals surface area contributed by atoms with Gasteiger partial charge < -0.3 is 10.6 Å². The third kappa shape index (κ3) is 4.58. The molecule has 1 heterocycles. The molecule has 3 aromatic rings. The number of nitrogens with zero attached hydrogens (tertiary/aromatic N) is 1. The zero-order chi connectivity index (χ0) is 19.4. The fourth-order valence-electron chi connectivity index (χ4n) is 2.69. The van der Waals surface area contributed by atoms with E-state index < -0.39 is 0 Å². The lowest BCUT2D eigenvalue weighted by Gasteiger charge is -2.10. The van der Waals surface area contributed by atoms with Crippen LogP contribution in [0.15, 0.2) is 60.8 Å². The van der Waals surface area contributed by atoms with Crippen LogP contribution >= 0.6 is 0 Å². The van der Waals surface area contributed by atoms with Crippen LogP contribution in [0.1, 0.15) is 38.8 Å². The molecule has 0 aliphatic heterocycles. The zero-order valence-corrected chi connectivity index (χ0v) is 15.5. The van der Waals surface area contributed by atoms with Gasteiger partial charge in [-0.05, 0) is 68.8 Å². The Morgan fingerprint density at radius 2 is 1.59 bits per heavy atom. The summed E-state index contributed by atoms with van der Waals surface area (Å²) < 4.78 is 0. The fraction of sp³-hybridized carbons (Fsp3) is 0.136. The molecule has 0 fully saturated rings. The van der Waals surface area contributed by atoms with Crippen molar-refractivity contribution in [3.63, 3.8) is 0 Å². The van der Waals surface area contributed by atoms with Crippen LogP contribution in [0.2, 0.25) is 0 Å². The average molecular weight is 359 g/mol. The quantitative estimate of drug-likeness (QED) is 0.636. The Balaban J connectivity index is 1.67. The molecule has 0 bridgehead atoms. The summed E-state index contributed by atoms with van der Waals surface area (Å²) in [5, 5.41) is 6.06. The van der Waals surface area contributed by atoms with Crippen LogP contribution in [-0.2, 0) is 0 Å². The highest BCUT2D eigenvalue weighted by Crippen LogP contribution is 2.20. The number of hydrogen-bond acceptors (Lipinski definition) is 4. The molecule has 0 saturated heterocycles. The molecule has 5 nitrogen and oxygen atoms in total. The summed E-state index contributed by atoms with van der Waals surface area (Å²) in [5.41, 5.74) is 5.01. The average Bonchev–Trinajstić information content (AvgIpc) is 2.65. The first kappa shape index (κ1) is 18.3. The monoisotopic (exact) mass is 359 g/mol. The number of carbonyl (C=O) groups is 2. The maximum Gasteiger partial charge on any atom is 0.257 e. The molecule has 0 aliphatic rings. The largest absolute Gasteiger partial charge is 0.340 e. The minimum atomic E-state index is -0.254. The number of rotatable bonds is 5. The molecule has 3 rings (SSSR count). The summed E-state index contributed by atoms with van der Waals surface area (Å²) in [4.78, 5) is 28.0. The highest BCUT2D eigenvalue weighted by atomic mass is 16.1. The maximum atomic E-state index is 12.4. The van der Waals surface area contributed by atoms with E-state index in [1.807, 2.05) is 19.1 Å². The lowest BCUT2D eigenvalue weighted by molar-refractivity contribution is 0.101. The number of pyridine rings is 1. The summed E-state index contributed by atoms with van der Waals surface area (Å²) in [7, 11) is 0. The van der Waals surface area contributed by atoms with E-state index in [0.717, 1.165) is 11.3 Å². The Labute approximate surface area is 158 Å². The van der Waals surface area contributed by atoms with Gasteiger partial charge in [-0.3, -0.25) is 9.59 Å². The number of ketones is 1. The van der Waals surface area contributed by atoms with E-state index in [-0.39, 0.29) is 11.7 Å². The molecule has 1 amide bonds. The van der Waals surface area contributed by atoms with Gasteiger partial charge in [-0.25, -0.2) is 4.98 Å². The van der Waals surface area contributed by atoms with Crippen molar-refractivity contribution in [2.75, 3.05) is 10.6 Å². The standard InChI is InChI=1S/C22H21N3O2/c1-14-4-10-20(15(2)12-14)25-21-11-7-18(13-23-21)22(27)24-19-8-5-17(6-9-19)16(3)26/h4-13H,1-3H3,(H,23,25)(H,24,27). The SMILES string of the molecule is CC(=O)c1ccc(NC(=O)c2ccc(Nc3ccc(C)cc3C)nc2)cc1. The predicted molar refractivity (Wildman–Crippen MR) is 108 cm³/mol. The van der Waals surface area contributed by atoms with Crippen LogP contribution in [0.3, 0.4) is 0 Å². The second-order valence-electron chi connectivity index (χ2n) is 6.46. The van der Waals surface area contributed by atoms with Gasteiger partial charge in [0.25, 0.3) is 5.91 Å². The molecule has 136 valence electrons. The number of aromatic nitrogens is 1. The molecule has 0 aliphatic carbocycles. The van der Waals surface area contributed by atoms with Gasteiger partial charge in [0.05, 0.1) is 5.56 Å². The molecule has 0 spiro atoms. The van der Waals surface area contributed by atoms with Crippen molar-refractivity contribution < 1.29 is 9.59 Å². The van der Waals surface area contributed by atoms with Crippen molar-refractivity contribution >= 4 is 28.9 Å². The summed E-state index contributed by atoms with van der Waals surface area (Å²) in [6, 6.07) is 16.4. The summed E-state index contributed by atoms with van der Waals surface area (Å²) in [6.07, 6.45) is 1.53. The fourth-order valence-corrected chi connectivity index (χ4v) is 2.69. The number of benzene rings is 2. The van der Waals surface area contributed by atoms with Crippen LogP contribution in [-0.4, -0.2) is 16.7 Å². The zero-order valence-electron chi connectivity index (χ0n) is 15.5. The first-order valence-electron chi connectivity index (χ1n) is 8.65. The van der Waals surface area contributed by atoms with Crippen molar-refractivity contribution in [3.8, 4) is 0 Å². The van der Waals surface area contributed by atoms with Gasteiger partial charge in [0, 0.05) is 23.1 Å². The number of carbonyl (C=O) groups excluding carboxylic acids is 2. The van der Waals surface area contributed by atoms with E-state index in [0.29, 0.717) is 22.6 Å². The molecule has 27 heavy (non-hydrogen) atoms. The smallest absolute Gasteiger partial charge is 0.257 e. The molecule has 2 N–H and O–H groups in total. The molecule has 1 aromatic heterocycles. The van der Waals surface area contributed by atoms with E-state index in [9.17, 15) is 9.59 Å². The molecule has 0 unspecified atom stereocenters. The molecule has 5 heteroatoms. The van der Waals surface area contributed by atoms with Gasteiger partial charge in [-0.2, -0.15) is 0 Å². The Morgan fingerprint density at radius 3 is 2.19 bits per heavy atom. The molecular formula is C22H21N3O2. The van der Waals surface area contributed by atoms with E-state index >= 15 is 0 Å². The maximum absolute atomic E-state index is 12.4. The Hall–Kier alpha value is -3.47. The molecule has 0 atom stereocenters. The van der Waals surface area contributed by atoms with Crippen LogP contribution in [0, 0.1) is 13.8 Å². The van der Waals surface area contributed by atoms with E-state index in [2.05, 4.69) is 28.6 Å². The summed E-state index contributed by atoms with van der Waals surface area (Å²) in [6.45, 7) is 5.59. The van der Waals surface area contributed by atoms with Crippen LogP contribution in [0.5, 0.6) is 0 Å². The second kappa shape index (κ2) is 7.83. The van der Waals surface area contributed by atoms with E-state index in [4.69, 9.17) is 0 Å². The predicted octanol–water partition coefficient (Wildman–Crippen LogP) is 4.90. The molecule has 0 saturated carbocycles. The highest BCUT2D eigenvalue weighted by molar-refractivity contribution is 6.04. The Bertz CT molecular complexity index is 977. The Kier molecular flexibility index (Phi) is 5.31. The lowest BCUT2D eigenvalue weighted by atomic mass is 10.1. The number of amides is 1. The minimum absolute atomic E-state index is 0.0102. The van der Waals surface area contributed by atoms with Gasteiger partial charge in [-0.1, -0.05) is 17.7 Å². The summed E-state index contributed by atoms with van der Waals surface area (Å²) in [5.74, 6) is 0.407. The number of aryl methyl sites for hydroxylation is 2. The number of anilines is 3. The van der Waals surface area contributed by atoms with E-state index in [1.165, 1.54) is 18.7 Å². The van der Waals surface area contributed by atoms with Gasteiger partial charge in [0.2, 0.25) is 0 Å². The number of Topliss-reactive ketones (excluding diaryl/α,β-unsaturated/α-hetero) is 1. The van der Waals surface area contributed by atoms with Crippen LogP contribution in [0.4, 0.5) is 17.2 Å².